The largest absolute Gasteiger partial charge is 0.476 e. The Labute approximate surface area is 199 Å². The first-order valence-electron chi connectivity index (χ1n) is 10.5. The summed E-state index contributed by atoms with van der Waals surface area (Å²) in [6, 6.07) is 4.17. The van der Waals surface area contributed by atoms with Crippen molar-refractivity contribution in [3.05, 3.63) is 35.2 Å². The average Bonchev–Trinajstić information content (AvgIpc) is 3.45. The summed E-state index contributed by atoms with van der Waals surface area (Å²) in [5, 5.41) is 4.39. The van der Waals surface area contributed by atoms with Gasteiger partial charge in [-0.25, -0.2) is 14.2 Å². The average molecular weight is 514 g/mol. The van der Waals surface area contributed by atoms with E-state index < -0.39 is 23.0 Å². The van der Waals surface area contributed by atoms with Gasteiger partial charge in [0, 0.05) is 6.07 Å². The molecule has 1 fully saturated rings. The summed E-state index contributed by atoms with van der Waals surface area (Å²) in [5.41, 5.74) is 0.455. The van der Waals surface area contributed by atoms with Gasteiger partial charge in [-0.3, -0.25) is 9.29 Å². The van der Waals surface area contributed by atoms with E-state index in [1.807, 2.05) is 13.8 Å². The summed E-state index contributed by atoms with van der Waals surface area (Å²) in [7, 11) is -1.35. The molecule has 0 aliphatic heterocycles. The Hall–Kier alpha value is -2.86. The predicted octanol–water partition coefficient (Wildman–Crippen LogP) is 5.51. The van der Waals surface area contributed by atoms with E-state index >= 15 is 0 Å². The van der Waals surface area contributed by atoms with Gasteiger partial charge in [-0.05, 0) is 30.9 Å². The fraction of sp³-hybridized carbons (Fsp3) is 0.381. The number of aromatic nitrogens is 4. The molecule has 5 rings (SSSR count). The van der Waals surface area contributed by atoms with Crippen LogP contribution in [-0.2, 0) is 17.2 Å². The van der Waals surface area contributed by atoms with Crippen LogP contribution in [0.4, 0.5) is 19.0 Å². The van der Waals surface area contributed by atoms with E-state index in [0.29, 0.717) is 12.0 Å². The standard InChI is InChI=1S/C21H19ClF3N5O3S/c1-10(2)9-32-19-14(22)5-11(8-26-19)30-16-7-17-13(6-15(16)27-20(30)21(23,24)25)18(28-33-17)29-34(31)12-3-4-12/h5-8,10,12H,3-4,9H2,1-2H3,(H,28,29). The molecule has 0 bridgehead atoms. The van der Waals surface area contributed by atoms with Crippen LogP contribution in [0, 0.1) is 5.92 Å². The lowest BCUT2D eigenvalue weighted by molar-refractivity contribution is -0.145. The molecule has 0 saturated heterocycles. The van der Waals surface area contributed by atoms with Gasteiger partial charge in [-0.1, -0.05) is 30.6 Å². The molecule has 0 spiro atoms. The van der Waals surface area contributed by atoms with Gasteiger partial charge in [0.05, 0.1) is 40.2 Å². The Morgan fingerprint density at radius 3 is 2.74 bits per heavy atom. The minimum absolute atomic E-state index is 0.0382. The molecule has 3 aromatic heterocycles. The Bertz CT molecular complexity index is 1410. The molecular weight excluding hydrogens is 495 g/mol. The van der Waals surface area contributed by atoms with Crippen molar-refractivity contribution in [2.45, 2.75) is 38.1 Å². The van der Waals surface area contributed by atoms with Gasteiger partial charge < -0.3 is 9.26 Å². The van der Waals surface area contributed by atoms with Crippen molar-refractivity contribution in [2.24, 2.45) is 5.92 Å². The van der Waals surface area contributed by atoms with Gasteiger partial charge in [0.15, 0.2) is 11.4 Å². The third kappa shape index (κ3) is 4.31. The van der Waals surface area contributed by atoms with Crippen molar-refractivity contribution in [3.8, 4) is 11.6 Å². The number of hydrogen-bond donors (Lipinski definition) is 1. The quantitative estimate of drug-likeness (QED) is 0.350. The van der Waals surface area contributed by atoms with Crippen LogP contribution in [0.15, 0.2) is 28.9 Å². The molecule has 1 aromatic carbocycles. The molecule has 13 heteroatoms. The second-order valence-corrected chi connectivity index (χ2v) is 10.3. The maximum Gasteiger partial charge on any atom is 0.450 e. The summed E-state index contributed by atoms with van der Waals surface area (Å²) in [5.74, 6) is -0.596. The zero-order valence-electron chi connectivity index (χ0n) is 18.0. The summed E-state index contributed by atoms with van der Waals surface area (Å²) < 4.78 is 68.5. The van der Waals surface area contributed by atoms with E-state index in [4.69, 9.17) is 20.9 Å². The van der Waals surface area contributed by atoms with Crippen molar-refractivity contribution in [2.75, 3.05) is 11.3 Å². The molecule has 1 saturated carbocycles. The molecule has 8 nitrogen and oxygen atoms in total. The van der Waals surface area contributed by atoms with Crippen LogP contribution < -0.4 is 9.46 Å². The number of pyridine rings is 1. The number of rotatable bonds is 7. The van der Waals surface area contributed by atoms with E-state index in [1.165, 1.54) is 24.4 Å². The monoisotopic (exact) mass is 513 g/mol. The number of alkyl halides is 3. The number of fused-ring (bicyclic) bond motifs is 2. The number of anilines is 1. The van der Waals surface area contributed by atoms with Crippen LogP contribution in [0.2, 0.25) is 5.02 Å². The fourth-order valence-corrected chi connectivity index (χ4v) is 4.67. The van der Waals surface area contributed by atoms with E-state index in [0.717, 1.165) is 17.4 Å². The number of nitrogens with one attached hydrogen (secondary N) is 1. The number of benzene rings is 1. The third-order valence-electron chi connectivity index (χ3n) is 5.13. The van der Waals surface area contributed by atoms with Crippen LogP contribution in [0.25, 0.3) is 27.7 Å². The first kappa shape index (κ1) is 22.9. The van der Waals surface area contributed by atoms with Gasteiger partial charge in [-0.2, -0.15) is 13.2 Å². The highest BCUT2D eigenvalue weighted by Gasteiger charge is 2.38. The van der Waals surface area contributed by atoms with Crippen molar-refractivity contribution >= 4 is 50.4 Å². The summed E-state index contributed by atoms with van der Waals surface area (Å²) in [6.07, 6.45) is -1.83. The SMILES string of the molecule is CC(C)COc1ncc(-n2c(C(F)(F)F)nc3cc4c(NS(=O)C5CC5)noc4cc32)cc1Cl. The van der Waals surface area contributed by atoms with Gasteiger partial charge >= 0.3 is 6.18 Å². The lowest BCUT2D eigenvalue weighted by Gasteiger charge is -2.13. The maximum atomic E-state index is 13.9. The number of halogens is 4. The van der Waals surface area contributed by atoms with E-state index in [2.05, 4.69) is 19.8 Å². The van der Waals surface area contributed by atoms with Gasteiger partial charge in [-0.15, -0.1) is 0 Å². The molecule has 1 unspecified atom stereocenters. The van der Waals surface area contributed by atoms with Crippen molar-refractivity contribution < 1.29 is 26.6 Å². The fourth-order valence-electron chi connectivity index (χ4n) is 3.38. The zero-order valence-corrected chi connectivity index (χ0v) is 19.6. The molecule has 180 valence electrons. The highest BCUT2D eigenvalue weighted by atomic mass is 35.5. The topological polar surface area (TPSA) is 95.1 Å². The molecule has 0 amide bonds. The number of ether oxygens (including phenoxy) is 1. The third-order valence-corrected chi connectivity index (χ3v) is 6.87. The molecule has 1 aliphatic carbocycles. The molecular formula is C21H19ClF3N5O3S. The summed E-state index contributed by atoms with van der Waals surface area (Å²) in [6.45, 7) is 4.26. The summed E-state index contributed by atoms with van der Waals surface area (Å²) >= 11 is 6.26. The Kier molecular flexibility index (Phi) is 5.67. The minimum Gasteiger partial charge on any atom is -0.476 e. The Morgan fingerprint density at radius 2 is 2.09 bits per heavy atom. The minimum atomic E-state index is -4.76. The normalized spacial score (nSPS) is 15.4. The molecule has 1 atom stereocenters. The van der Waals surface area contributed by atoms with Crippen LogP contribution in [0.1, 0.15) is 32.5 Å². The van der Waals surface area contributed by atoms with Gasteiger partial charge in [0.2, 0.25) is 11.7 Å². The van der Waals surface area contributed by atoms with Crippen molar-refractivity contribution in [1.82, 2.24) is 19.7 Å². The second kappa shape index (κ2) is 8.42. The molecule has 4 aromatic rings. The molecule has 1 aliphatic rings. The lowest BCUT2D eigenvalue weighted by atomic mass is 10.2. The number of imidazole rings is 1. The smallest absolute Gasteiger partial charge is 0.450 e. The Balaban J connectivity index is 1.61. The van der Waals surface area contributed by atoms with E-state index in [1.54, 1.807) is 0 Å². The van der Waals surface area contributed by atoms with Crippen molar-refractivity contribution in [3.63, 3.8) is 0 Å². The highest BCUT2D eigenvalue weighted by Crippen LogP contribution is 2.38. The molecule has 3 heterocycles. The van der Waals surface area contributed by atoms with Crippen LogP contribution in [-0.4, -0.2) is 35.8 Å². The molecule has 34 heavy (non-hydrogen) atoms. The van der Waals surface area contributed by atoms with Crippen LogP contribution in [0.3, 0.4) is 0 Å². The second-order valence-electron chi connectivity index (χ2n) is 8.42. The van der Waals surface area contributed by atoms with Crippen LogP contribution >= 0.6 is 11.6 Å². The molecule has 1 N–H and O–H groups in total. The first-order valence-corrected chi connectivity index (χ1v) is 12.1. The van der Waals surface area contributed by atoms with Gasteiger partial charge in [0.25, 0.3) is 0 Å². The highest BCUT2D eigenvalue weighted by molar-refractivity contribution is 7.87. The summed E-state index contributed by atoms with van der Waals surface area (Å²) in [4.78, 5) is 7.94. The number of nitrogens with zero attached hydrogens (tertiary/aromatic N) is 4. The van der Waals surface area contributed by atoms with Crippen LogP contribution in [0.5, 0.6) is 5.88 Å². The zero-order chi connectivity index (χ0) is 24.2. The van der Waals surface area contributed by atoms with Crippen molar-refractivity contribution in [1.29, 1.82) is 0 Å². The van der Waals surface area contributed by atoms with Gasteiger partial charge in [0.1, 0.15) is 16.0 Å². The first-order chi connectivity index (χ1) is 16.1. The predicted molar refractivity (Wildman–Crippen MR) is 122 cm³/mol. The van der Waals surface area contributed by atoms with E-state index in [-0.39, 0.29) is 50.2 Å². The number of hydrogen-bond acceptors (Lipinski definition) is 6. The lowest BCUT2D eigenvalue weighted by Crippen LogP contribution is -2.14. The molecule has 0 radical (unpaired) electrons. The van der Waals surface area contributed by atoms with E-state index in [9.17, 15) is 17.4 Å². The maximum absolute atomic E-state index is 13.9. The Morgan fingerprint density at radius 1 is 1.32 bits per heavy atom.